The van der Waals surface area contributed by atoms with Gasteiger partial charge in [0.2, 0.25) is 11.7 Å². The minimum atomic E-state index is -0.420. The van der Waals surface area contributed by atoms with Gasteiger partial charge in [-0.15, -0.1) is 0 Å². The van der Waals surface area contributed by atoms with Crippen molar-refractivity contribution in [2.75, 3.05) is 33.4 Å². The van der Waals surface area contributed by atoms with Crippen LogP contribution in [0.2, 0.25) is 0 Å². The minimum Gasteiger partial charge on any atom is -0.393 e. The average molecular weight is 471 g/mol. The van der Waals surface area contributed by atoms with E-state index in [2.05, 4.69) is 20.0 Å². The Morgan fingerprint density at radius 2 is 2.06 bits per heavy atom. The van der Waals surface area contributed by atoms with Crippen LogP contribution >= 0.6 is 0 Å². The van der Waals surface area contributed by atoms with Gasteiger partial charge in [-0.2, -0.15) is 4.98 Å². The van der Waals surface area contributed by atoms with Crippen molar-refractivity contribution >= 4 is 16.6 Å². The Morgan fingerprint density at radius 1 is 1.26 bits per heavy atom. The van der Waals surface area contributed by atoms with Crippen LogP contribution in [0.1, 0.15) is 31.6 Å². The third-order valence-electron chi connectivity index (χ3n) is 6.39. The zero-order chi connectivity index (χ0) is 23.8. The third-order valence-corrected chi connectivity index (χ3v) is 6.39. The number of hydrogen-bond acceptors (Lipinski definition) is 8. The Kier molecular flexibility index (Phi) is 6.15. The van der Waals surface area contributed by atoms with E-state index >= 15 is 0 Å². The number of methoxy groups -OCH3 is 1. The average Bonchev–Trinajstić information content (AvgIpc) is 3.48. The third kappa shape index (κ3) is 4.10. The molecular weight excluding hydrogens is 443 g/mol. The number of imidazole rings is 1. The molecule has 4 aromatic rings. The molecule has 3 aromatic heterocycles. The van der Waals surface area contributed by atoms with Gasteiger partial charge in [0.1, 0.15) is 23.4 Å². The van der Waals surface area contributed by atoms with Crippen LogP contribution in [0.4, 0.5) is 4.39 Å². The molecule has 5 rings (SSSR count). The highest BCUT2D eigenvalue weighted by atomic mass is 19.1. The number of aromatic nitrogens is 5. The second-order valence-corrected chi connectivity index (χ2v) is 8.79. The molecule has 1 aromatic carbocycles. The van der Waals surface area contributed by atoms with Crippen LogP contribution in [0.3, 0.4) is 0 Å². The van der Waals surface area contributed by atoms with E-state index in [9.17, 15) is 14.3 Å². The first-order chi connectivity index (χ1) is 16.5. The highest BCUT2D eigenvalue weighted by molar-refractivity contribution is 5.83. The first-order valence-electron chi connectivity index (χ1n) is 11.4. The Labute approximate surface area is 194 Å². The van der Waals surface area contributed by atoms with E-state index < -0.39 is 5.82 Å². The van der Waals surface area contributed by atoms with Gasteiger partial charge in [0.15, 0.2) is 0 Å². The van der Waals surface area contributed by atoms with E-state index in [0.29, 0.717) is 60.7 Å². The standard InChI is InChI=1S/C23H27FN6O4/c1-14(12-33-2)22-26-21(27-34-22)19-20-23(32)29(10-9-28-7-5-16(31)6-8-28)18-11-15(24)3-4-17(18)30(20)13-25-19/h3-4,11,13-14,16,31H,5-10,12H2,1-2H3. The molecule has 1 saturated heterocycles. The number of nitrogens with zero attached hydrogens (tertiary/aromatic N) is 6. The van der Waals surface area contributed by atoms with Crippen molar-refractivity contribution in [1.29, 1.82) is 0 Å². The van der Waals surface area contributed by atoms with Gasteiger partial charge in [-0.3, -0.25) is 9.20 Å². The highest BCUT2D eigenvalue weighted by Gasteiger charge is 2.23. The summed E-state index contributed by atoms with van der Waals surface area (Å²) in [4.78, 5) is 24.8. The summed E-state index contributed by atoms with van der Waals surface area (Å²) in [7, 11) is 1.60. The second kappa shape index (κ2) is 9.24. The number of aliphatic hydroxyl groups is 1. The minimum absolute atomic E-state index is 0.108. The summed E-state index contributed by atoms with van der Waals surface area (Å²) in [6, 6.07) is 4.37. The normalized spacial score (nSPS) is 16.6. The summed E-state index contributed by atoms with van der Waals surface area (Å²) in [6.45, 7) is 4.82. The van der Waals surface area contributed by atoms with E-state index in [1.807, 2.05) is 6.92 Å². The van der Waals surface area contributed by atoms with Gasteiger partial charge in [0, 0.05) is 33.3 Å². The Hall–Kier alpha value is -3.15. The van der Waals surface area contributed by atoms with Crippen molar-refractivity contribution in [2.24, 2.45) is 0 Å². The van der Waals surface area contributed by atoms with E-state index in [1.165, 1.54) is 18.5 Å². The van der Waals surface area contributed by atoms with Crippen LogP contribution in [-0.4, -0.2) is 73.6 Å². The molecule has 11 heteroatoms. The zero-order valence-corrected chi connectivity index (χ0v) is 19.1. The topological polar surface area (TPSA) is 111 Å². The van der Waals surface area contributed by atoms with Gasteiger partial charge >= 0.3 is 0 Å². The van der Waals surface area contributed by atoms with E-state index in [1.54, 1.807) is 22.1 Å². The summed E-state index contributed by atoms with van der Waals surface area (Å²) >= 11 is 0. The molecule has 0 bridgehead atoms. The number of hydrogen-bond donors (Lipinski definition) is 1. The maximum Gasteiger partial charge on any atom is 0.277 e. The molecule has 1 atom stereocenters. The van der Waals surface area contributed by atoms with Gasteiger partial charge < -0.3 is 23.8 Å². The number of piperidine rings is 1. The maximum atomic E-state index is 14.2. The lowest BCUT2D eigenvalue weighted by Gasteiger charge is -2.29. The summed E-state index contributed by atoms with van der Waals surface area (Å²) in [5, 5.41) is 13.8. The molecule has 4 heterocycles. The van der Waals surface area contributed by atoms with Gasteiger partial charge in [-0.05, 0) is 31.0 Å². The second-order valence-electron chi connectivity index (χ2n) is 8.79. The molecule has 0 radical (unpaired) electrons. The van der Waals surface area contributed by atoms with Crippen molar-refractivity contribution < 1.29 is 18.8 Å². The van der Waals surface area contributed by atoms with Crippen LogP contribution in [0.15, 0.2) is 33.8 Å². The predicted octanol–water partition coefficient (Wildman–Crippen LogP) is 2.04. The van der Waals surface area contributed by atoms with Crippen molar-refractivity contribution in [1.82, 2.24) is 29.0 Å². The number of ether oxygens (including phenoxy) is 1. The van der Waals surface area contributed by atoms with E-state index in [-0.39, 0.29) is 23.4 Å². The van der Waals surface area contributed by atoms with E-state index in [0.717, 1.165) is 13.1 Å². The fraction of sp³-hybridized carbons (Fsp3) is 0.478. The number of benzene rings is 1. The van der Waals surface area contributed by atoms with E-state index in [4.69, 9.17) is 9.26 Å². The van der Waals surface area contributed by atoms with Gasteiger partial charge in [-0.25, -0.2) is 9.37 Å². The van der Waals surface area contributed by atoms with Crippen LogP contribution in [0.5, 0.6) is 0 Å². The largest absolute Gasteiger partial charge is 0.393 e. The Balaban J connectivity index is 1.59. The fourth-order valence-corrected chi connectivity index (χ4v) is 4.51. The number of halogens is 1. The van der Waals surface area contributed by atoms with Crippen LogP contribution in [0, 0.1) is 5.82 Å². The lowest BCUT2D eigenvalue weighted by Crippen LogP contribution is -2.39. The quantitative estimate of drug-likeness (QED) is 0.437. The molecule has 0 saturated carbocycles. The summed E-state index contributed by atoms with van der Waals surface area (Å²) < 4.78 is 27.9. The van der Waals surface area contributed by atoms with Gasteiger partial charge in [0.05, 0.1) is 29.7 Å². The Bertz CT molecular complexity index is 1370. The van der Waals surface area contributed by atoms with Crippen LogP contribution in [0.25, 0.3) is 28.1 Å². The first kappa shape index (κ1) is 22.6. The summed E-state index contributed by atoms with van der Waals surface area (Å²) in [5.41, 5.74) is 1.45. The van der Waals surface area contributed by atoms with Crippen molar-refractivity contribution in [2.45, 2.75) is 38.3 Å². The fourth-order valence-electron chi connectivity index (χ4n) is 4.51. The molecule has 180 valence electrons. The molecule has 1 aliphatic rings. The molecule has 0 aliphatic carbocycles. The van der Waals surface area contributed by atoms with Crippen LogP contribution < -0.4 is 5.56 Å². The number of aliphatic hydroxyl groups excluding tert-OH is 1. The van der Waals surface area contributed by atoms with Crippen LogP contribution in [-0.2, 0) is 11.3 Å². The monoisotopic (exact) mass is 470 g/mol. The smallest absolute Gasteiger partial charge is 0.277 e. The number of rotatable bonds is 7. The lowest BCUT2D eigenvalue weighted by atomic mass is 10.1. The van der Waals surface area contributed by atoms with Crippen molar-refractivity contribution in [3.63, 3.8) is 0 Å². The highest BCUT2D eigenvalue weighted by Crippen LogP contribution is 2.25. The molecule has 1 aliphatic heterocycles. The number of likely N-dealkylation sites (tertiary alicyclic amines) is 1. The molecule has 1 fully saturated rings. The Morgan fingerprint density at radius 3 is 2.82 bits per heavy atom. The molecule has 0 amide bonds. The molecule has 1 unspecified atom stereocenters. The van der Waals surface area contributed by atoms with Crippen molar-refractivity contribution in [3.8, 4) is 11.5 Å². The maximum absolute atomic E-state index is 14.2. The molecular formula is C23H27FN6O4. The van der Waals surface area contributed by atoms with Gasteiger partial charge in [-0.1, -0.05) is 12.1 Å². The number of fused-ring (bicyclic) bond motifs is 3. The lowest BCUT2D eigenvalue weighted by molar-refractivity contribution is 0.0810. The van der Waals surface area contributed by atoms with Gasteiger partial charge in [0.25, 0.3) is 5.56 Å². The predicted molar refractivity (Wildman–Crippen MR) is 122 cm³/mol. The summed E-state index contributed by atoms with van der Waals surface area (Å²) in [6.07, 6.45) is 2.67. The summed E-state index contributed by atoms with van der Waals surface area (Å²) in [5.74, 6) is 0.0871. The molecule has 1 N–H and O–H groups in total. The molecule has 34 heavy (non-hydrogen) atoms. The SMILES string of the molecule is COCC(C)c1nc(-c2ncn3c2c(=O)n(CCN2CCC(O)CC2)c2cc(F)ccc23)no1. The zero-order valence-electron chi connectivity index (χ0n) is 19.1. The first-order valence-corrected chi connectivity index (χ1v) is 11.4. The molecule has 10 nitrogen and oxygen atoms in total. The van der Waals surface area contributed by atoms with Crippen molar-refractivity contribution in [3.05, 3.63) is 46.6 Å². The molecule has 0 spiro atoms.